The Bertz CT molecular complexity index is 2630. The number of benzene rings is 4. The Morgan fingerprint density at radius 1 is 0.714 bits per heavy atom. The molecule has 8 rings (SSSR count). The zero-order valence-electron chi connectivity index (χ0n) is 35.2. The standard InChI is InChI=1S/C47H48F2N8O6/c1-27(2)39(54-45(60)62-3)43(58)57-26-47(48,49)23-38(57)42-51-24-35(52-42)29-14-12-28(13-15-29)31-16-17-33-22-34(19-18-32(33)21-31)36-25-50-41(53-36)37-11-8-20-56(37)44(59)40(55-46(61)63-4)30-9-6-5-7-10-30/h5-7,9-10,12-19,21-22,24-25,27,37-40H,8,11,20,23,26H2,1-4H3,(H,50,53)(H,51,52)(H,54,60)(H,55,61). The molecule has 4 aromatic carbocycles. The predicted molar refractivity (Wildman–Crippen MR) is 231 cm³/mol. The molecule has 14 nitrogen and oxygen atoms in total. The van der Waals surface area contributed by atoms with Gasteiger partial charge in [-0.05, 0) is 63.9 Å². The number of fused-ring (bicyclic) bond motifs is 1. The molecule has 0 radical (unpaired) electrons. The first-order chi connectivity index (χ1) is 30.3. The number of hydrogen-bond acceptors (Lipinski definition) is 8. The fourth-order valence-corrected chi connectivity index (χ4v) is 8.50. The van der Waals surface area contributed by atoms with Crippen LogP contribution in [0.15, 0.2) is 103 Å². The van der Waals surface area contributed by atoms with Crippen molar-refractivity contribution in [3.63, 3.8) is 0 Å². The molecule has 63 heavy (non-hydrogen) atoms. The van der Waals surface area contributed by atoms with E-state index in [0.717, 1.165) is 56.5 Å². The van der Waals surface area contributed by atoms with Gasteiger partial charge in [0.2, 0.25) is 5.91 Å². The van der Waals surface area contributed by atoms with Gasteiger partial charge in [-0.3, -0.25) is 9.59 Å². The quantitative estimate of drug-likeness (QED) is 0.101. The van der Waals surface area contributed by atoms with Crippen molar-refractivity contribution in [2.45, 2.75) is 63.2 Å². The van der Waals surface area contributed by atoms with Gasteiger partial charge in [-0.15, -0.1) is 0 Å². The molecule has 2 aliphatic heterocycles. The Morgan fingerprint density at radius 2 is 1.29 bits per heavy atom. The Hall–Kier alpha value is -7.10. The first-order valence-electron chi connectivity index (χ1n) is 20.8. The fraction of sp³-hybridized carbons (Fsp3) is 0.319. The van der Waals surface area contributed by atoms with Crippen molar-refractivity contribution in [2.75, 3.05) is 27.3 Å². The van der Waals surface area contributed by atoms with Crippen molar-refractivity contribution >= 4 is 34.8 Å². The molecule has 2 aliphatic rings. The molecule has 0 aliphatic carbocycles. The van der Waals surface area contributed by atoms with Crippen LogP contribution in [-0.2, 0) is 19.1 Å². The van der Waals surface area contributed by atoms with E-state index in [1.54, 1.807) is 43.3 Å². The number of halogens is 2. The van der Waals surface area contributed by atoms with Crippen molar-refractivity contribution in [2.24, 2.45) is 5.92 Å². The van der Waals surface area contributed by atoms with Gasteiger partial charge in [-0.25, -0.2) is 28.3 Å². The van der Waals surface area contributed by atoms with Gasteiger partial charge < -0.3 is 39.9 Å². The largest absolute Gasteiger partial charge is 0.453 e. The fourth-order valence-electron chi connectivity index (χ4n) is 8.50. The van der Waals surface area contributed by atoms with Crippen molar-refractivity contribution < 1.29 is 37.4 Å². The van der Waals surface area contributed by atoms with Crippen LogP contribution in [0.5, 0.6) is 0 Å². The number of carbonyl (C=O) groups is 4. The highest BCUT2D eigenvalue weighted by atomic mass is 19.3. The van der Waals surface area contributed by atoms with Gasteiger partial charge in [0, 0.05) is 18.5 Å². The highest BCUT2D eigenvalue weighted by Crippen LogP contribution is 2.41. The second-order valence-corrected chi connectivity index (χ2v) is 16.3. The summed E-state index contributed by atoms with van der Waals surface area (Å²) in [5, 5.41) is 7.24. The van der Waals surface area contributed by atoms with E-state index < -0.39 is 55.1 Å². The maximum absolute atomic E-state index is 14.8. The molecule has 16 heteroatoms. The van der Waals surface area contributed by atoms with E-state index in [0.29, 0.717) is 23.6 Å². The summed E-state index contributed by atoms with van der Waals surface area (Å²) in [5.41, 5.74) is 5.79. The van der Waals surface area contributed by atoms with E-state index in [1.165, 1.54) is 14.2 Å². The van der Waals surface area contributed by atoms with Crippen molar-refractivity contribution in [3.8, 4) is 33.6 Å². The van der Waals surface area contributed by atoms with Gasteiger partial charge in [-0.2, -0.15) is 0 Å². The third-order valence-electron chi connectivity index (χ3n) is 11.8. The third kappa shape index (κ3) is 8.97. The maximum Gasteiger partial charge on any atom is 0.407 e. The second-order valence-electron chi connectivity index (χ2n) is 16.3. The van der Waals surface area contributed by atoms with Crippen LogP contribution in [0.3, 0.4) is 0 Å². The van der Waals surface area contributed by atoms with E-state index in [4.69, 9.17) is 9.72 Å². The molecule has 4 N–H and O–H groups in total. The van der Waals surface area contributed by atoms with Crippen LogP contribution in [0.25, 0.3) is 44.4 Å². The van der Waals surface area contributed by atoms with Gasteiger partial charge in [0.25, 0.3) is 11.8 Å². The second kappa shape index (κ2) is 17.7. The lowest BCUT2D eigenvalue weighted by molar-refractivity contribution is -0.137. The minimum Gasteiger partial charge on any atom is -0.453 e. The number of nitrogens with one attached hydrogen (secondary N) is 4. The number of methoxy groups -OCH3 is 2. The van der Waals surface area contributed by atoms with Crippen LogP contribution >= 0.6 is 0 Å². The number of carbonyl (C=O) groups excluding carboxylic acids is 4. The number of rotatable bonds is 11. The molecular formula is C47H48F2N8O6. The van der Waals surface area contributed by atoms with Crippen LogP contribution in [0.1, 0.15) is 68.4 Å². The number of imidazole rings is 2. The van der Waals surface area contributed by atoms with E-state index in [2.05, 4.69) is 54.6 Å². The Morgan fingerprint density at radius 3 is 1.94 bits per heavy atom. The maximum atomic E-state index is 14.8. The first kappa shape index (κ1) is 42.6. The summed E-state index contributed by atoms with van der Waals surface area (Å²) in [7, 11) is 2.44. The van der Waals surface area contributed by atoms with Crippen LogP contribution in [0.2, 0.25) is 0 Å². The van der Waals surface area contributed by atoms with Crippen LogP contribution in [0, 0.1) is 5.92 Å². The van der Waals surface area contributed by atoms with Crippen LogP contribution < -0.4 is 10.6 Å². The summed E-state index contributed by atoms with van der Waals surface area (Å²) >= 11 is 0. The molecule has 0 spiro atoms. The van der Waals surface area contributed by atoms with E-state index in [1.807, 2.05) is 54.6 Å². The van der Waals surface area contributed by atoms with Crippen LogP contribution in [0.4, 0.5) is 18.4 Å². The van der Waals surface area contributed by atoms with Gasteiger partial charge in [0.15, 0.2) is 0 Å². The Labute approximate surface area is 362 Å². The topological polar surface area (TPSA) is 175 Å². The summed E-state index contributed by atoms with van der Waals surface area (Å²) in [6, 6.07) is 26.0. The lowest BCUT2D eigenvalue weighted by Gasteiger charge is -2.29. The van der Waals surface area contributed by atoms with E-state index in [-0.39, 0.29) is 23.7 Å². The molecule has 4 unspecified atom stereocenters. The van der Waals surface area contributed by atoms with Crippen molar-refractivity contribution in [1.29, 1.82) is 0 Å². The van der Waals surface area contributed by atoms with Crippen molar-refractivity contribution in [1.82, 2.24) is 40.4 Å². The number of likely N-dealkylation sites (tertiary alicyclic amines) is 2. The summed E-state index contributed by atoms with van der Waals surface area (Å²) in [6.07, 6.45) is 2.77. The van der Waals surface area contributed by atoms with Gasteiger partial charge in [0.05, 0.1) is 56.6 Å². The third-order valence-corrected chi connectivity index (χ3v) is 11.8. The summed E-state index contributed by atoms with van der Waals surface area (Å²) < 4.78 is 39.1. The zero-order chi connectivity index (χ0) is 44.4. The summed E-state index contributed by atoms with van der Waals surface area (Å²) in [4.78, 5) is 70.3. The summed E-state index contributed by atoms with van der Waals surface area (Å²) in [5.74, 6) is -3.46. The molecule has 2 aromatic heterocycles. The number of ether oxygens (including phenoxy) is 2. The number of alkyl carbamates (subject to hydrolysis) is 2. The molecule has 326 valence electrons. The zero-order valence-corrected chi connectivity index (χ0v) is 35.2. The molecule has 4 amide bonds. The molecule has 4 atom stereocenters. The summed E-state index contributed by atoms with van der Waals surface area (Å²) in [6.45, 7) is 3.18. The number of aromatic nitrogens is 4. The number of aromatic amines is 2. The lowest BCUT2D eigenvalue weighted by Crippen LogP contribution is -2.51. The highest BCUT2D eigenvalue weighted by molar-refractivity contribution is 5.91. The smallest absolute Gasteiger partial charge is 0.407 e. The predicted octanol–water partition coefficient (Wildman–Crippen LogP) is 8.34. The first-order valence-corrected chi connectivity index (χ1v) is 20.8. The minimum absolute atomic E-state index is 0.234. The highest BCUT2D eigenvalue weighted by Gasteiger charge is 2.50. The number of hydrogen-bond donors (Lipinski definition) is 4. The van der Waals surface area contributed by atoms with Gasteiger partial charge in [-0.1, -0.05) is 92.7 Å². The van der Waals surface area contributed by atoms with Crippen molar-refractivity contribution in [3.05, 3.63) is 121 Å². The number of H-pyrrole nitrogens is 2. The average molecular weight is 859 g/mol. The molecule has 2 fully saturated rings. The van der Waals surface area contributed by atoms with Gasteiger partial charge in [0.1, 0.15) is 23.7 Å². The molecule has 0 bridgehead atoms. The molecular weight excluding hydrogens is 811 g/mol. The average Bonchev–Trinajstić information content (AvgIpc) is 4.13. The Kier molecular flexibility index (Phi) is 12.0. The lowest BCUT2D eigenvalue weighted by atomic mass is 9.98. The number of nitrogens with zero attached hydrogens (tertiary/aromatic N) is 4. The molecule has 2 saturated heterocycles. The minimum atomic E-state index is -3.13. The molecule has 6 aromatic rings. The van der Waals surface area contributed by atoms with E-state index in [9.17, 15) is 28.0 Å². The number of alkyl halides is 2. The number of amides is 4. The monoisotopic (exact) mass is 858 g/mol. The van der Waals surface area contributed by atoms with Gasteiger partial charge >= 0.3 is 12.2 Å². The molecule has 0 saturated carbocycles. The van der Waals surface area contributed by atoms with Crippen LogP contribution in [-0.4, -0.2) is 93.0 Å². The molecule has 4 heterocycles. The van der Waals surface area contributed by atoms with E-state index >= 15 is 0 Å². The Balaban J connectivity index is 0.956. The SMILES string of the molecule is COC(=O)NC(C(=O)N1CCCC1c1ncc(-c2ccc3cc(-c4ccc(-c5cnc(C6CC(F)(F)CN6C(=O)C(NC(=O)OC)C(C)C)[nH]5)cc4)ccc3c2)[nH]1)c1ccccc1. The normalized spacial score (nSPS) is 18.0.